The quantitative estimate of drug-likeness (QED) is 0.727. The molecule has 0 spiro atoms. The van der Waals surface area contributed by atoms with Crippen molar-refractivity contribution in [2.75, 3.05) is 10.5 Å². The number of hydrogen-bond acceptors (Lipinski definition) is 5. The van der Waals surface area contributed by atoms with E-state index in [4.69, 9.17) is 5.11 Å². The third-order valence-electron chi connectivity index (χ3n) is 1.20. The van der Waals surface area contributed by atoms with Gasteiger partial charge < -0.3 is 9.63 Å². The van der Waals surface area contributed by atoms with E-state index in [-0.39, 0.29) is 5.88 Å². The number of carboxylic acid groups (broad SMARTS) is 1. The van der Waals surface area contributed by atoms with Gasteiger partial charge in [-0.2, -0.15) is 0 Å². The van der Waals surface area contributed by atoms with Crippen LogP contribution in [0.2, 0.25) is 0 Å². The standard InChI is InChI=1S/C6H8N2O5S/c1-4-2-5(13-7-4)8-14(11,12)3-6(9)10/h2,8H,3H2,1H3,(H,9,10). The Hall–Kier alpha value is -1.57. The van der Waals surface area contributed by atoms with Crippen molar-refractivity contribution in [3.05, 3.63) is 11.8 Å². The molecular formula is C6H8N2O5S. The van der Waals surface area contributed by atoms with Crippen molar-refractivity contribution in [2.24, 2.45) is 0 Å². The van der Waals surface area contributed by atoms with E-state index in [9.17, 15) is 13.2 Å². The van der Waals surface area contributed by atoms with Crippen LogP contribution in [-0.4, -0.2) is 30.4 Å². The lowest BCUT2D eigenvalue weighted by atomic mass is 10.5. The molecule has 0 aromatic carbocycles. The fourth-order valence-corrected chi connectivity index (χ4v) is 1.56. The normalized spacial score (nSPS) is 11.2. The summed E-state index contributed by atoms with van der Waals surface area (Å²) in [5.41, 5.74) is 0.498. The van der Waals surface area contributed by atoms with Crippen molar-refractivity contribution >= 4 is 21.9 Å². The lowest BCUT2D eigenvalue weighted by Crippen LogP contribution is -2.22. The number of sulfonamides is 1. The topological polar surface area (TPSA) is 110 Å². The summed E-state index contributed by atoms with van der Waals surface area (Å²) in [6.45, 7) is 1.61. The predicted octanol–water partition coefficient (Wildman–Crippen LogP) is -0.191. The Morgan fingerprint density at radius 2 is 2.36 bits per heavy atom. The molecule has 0 aliphatic rings. The average molecular weight is 220 g/mol. The molecule has 1 aromatic heterocycles. The first-order valence-electron chi connectivity index (χ1n) is 3.55. The number of hydrogen-bond donors (Lipinski definition) is 2. The molecular weight excluding hydrogens is 212 g/mol. The van der Waals surface area contributed by atoms with Crippen molar-refractivity contribution in [1.82, 2.24) is 5.16 Å². The molecule has 0 radical (unpaired) electrons. The van der Waals surface area contributed by atoms with Gasteiger partial charge in [0, 0.05) is 6.07 Å². The van der Waals surface area contributed by atoms with Crippen LogP contribution in [0.5, 0.6) is 0 Å². The number of anilines is 1. The van der Waals surface area contributed by atoms with Crippen LogP contribution in [0.15, 0.2) is 10.6 Å². The van der Waals surface area contributed by atoms with E-state index in [1.54, 1.807) is 6.92 Å². The zero-order valence-electron chi connectivity index (χ0n) is 7.22. The smallest absolute Gasteiger partial charge is 0.320 e. The van der Waals surface area contributed by atoms with Crippen molar-refractivity contribution in [3.63, 3.8) is 0 Å². The Balaban J connectivity index is 2.73. The Kier molecular flexibility index (Phi) is 2.75. The minimum Gasteiger partial charge on any atom is -0.480 e. The third kappa shape index (κ3) is 3.05. The number of aryl methyl sites for hydroxylation is 1. The van der Waals surface area contributed by atoms with E-state index in [0.717, 1.165) is 0 Å². The first-order chi connectivity index (χ1) is 6.39. The summed E-state index contributed by atoms with van der Waals surface area (Å²) in [7, 11) is -3.90. The molecule has 1 rings (SSSR count). The summed E-state index contributed by atoms with van der Waals surface area (Å²) < 4.78 is 28.6. The maximum absolute atomic E-state index is 11.0. The maximum atomic E-state index is 11.0. The number of carbonyl (C=O) groups is 1. The average Bonchev–Trinajstić information content (AvgIpc) is 2.30. The van der Waals surface area contributed by atoms with Gasteiger partial charge in [-0.1, -0.05) is 5.16 Å². The van der Waals surface area contributed by atoms with Crippen LogP contribution in [0.25, 0.3) is 0 Å². The highest BCUT2D eigenvalue weighted by Crippen LogP contribution is 2.10. The Labute approximate surface area is 79.8 Å². The molecule has 78 valence electrons. The molecule has 14 heavy (non-hydrogen) atoms. The summed E-state index contributed by atoms with van der Waals surface area (Å²) >= 11 is 0. The lowest BCUT2D eigenvalue weighted by molar-refractivity contribution is -0.134. The highest BCUT2D eigenvalue weighted by atomic mass is 32.2. The van der Waals surface area contributed by atoms with E-state index >= 15 is 0 Å². The van der Waals surface area contributed by atoms with Crippen molar-refractivity contribution in [1.29, 1.82) is 0 Å². The molecule has 0 bridgehead atoms. The molecule has 0 aliphatic heterocycles. The Morgan fingerprint density at radius 3 is 2.79 bits per heavy atom. The molecule has 0 amide bonds. The van der Waals surface area contributed by atoms with Crippen molar-refractivity contribution in [2.45, 2.75) is 6.92 Å². The lowest BCUT2D eigenvalue weighted by Gasteiger charge is -1.99. The van der Waals surface area contributed by atoms with Crippen LogP contribution >= 0.6 is 0 Å². The van der Waals surface area contributed by atoms with Gasteiger partial charge in [0.1, 0.15) is 0 Å². The fourth-order valence-electron chi connectivity index (χ4n) is 0.764. The number of rotatable bonds is 4. The SMILES string of the molecule is Cc1cc(NS(=O)(=O)CC(=O)O)on1. The molecule has 0 saturated carbocycles. The van der Waals surface area contributed by atoms with E-state index < -0.39 is 21.7 Å². The van der Waals surface area contributed by atoms with Crippen LogP contribution in [-0.2, 0) is 14.8 Å². The van der Waals surface area contributed by atoms with Gasteiger partial charge in [-0.25, -0.2) is 8.42 Å². The highest BCUT2D eigenvalue weighted by molar-refractivity contribution is 7.93. The number of nitrogens with zero attached hydrogens (tertiary/aromatic N) is 1. The van der Waals surface area contributed by atoms with E-state index in [1.165, 1.54) is 6.07 Å². The number of nitrogens with one attached hydrogen (secondary N) is 1. The monoisotopic (exact) mass is 220 g/mol. The largest absolute Gasteiger partial charge is 0.480 e. The van der Waals surface area contributed by atoms with Crippen molar-refractivity contribution < 1.29 is 22.8 Å². The molecule has 0 unspecified atom stereocenters. The van der Waals surface area contributed by atoms with Gasteiger partial charge in [-0.15, -0.1) is 0 Å². The summed E-state index contributed by atoms with van der Waals surface area (Å²) in [4.78, 5) is 10.1. The van der Waals surface area contributed by atoms with Crippen LogP contribution in [0.3, 0.4) is 0 Å². The summed E-state index contributed by atoms with van der Waals surface area (Å²) in [6, 6.07) is 1.35. The molecule has 1 aromatic rings. The summed E-state index contributed by atoms with van der Waals surface area (Å²) in [5, 5.41) is 11.7. The Morgan fingerprint density at radius 1 is 1.71 bits per heavy atom. The van der Waals surface area contributed by atoms with Crippen molar-refractivity contribution in [3.8, 4) is 0 Å². The van der Waals surface area contributed by atoms with Gasteiger partial charge in [-0.3, -0.25) is 9.52 Å². The number of aliphatic carboxylic acids is 1. The van der Waals surface area contributed by atoms with Gasteiger partial charge in [0.15, 0.2) is 5.75 Å². The maximum Gasteiger partial charge on any atom is 0.320 e. The molecule has 0 atom stereocenters. The minimum absolute atomic E-state index is 0.0938. The van der Waals surface area contributed by atoms with Gasteiger partial charge in [-0.05, 0) is 6.92 Å². The highest BCUT2D eigenvalue weighted by Gasteiger charge is 2.17. The Bertz CT molecular complexity index is 435. The van der Waals surface area contributed by atoms with Crippen LogP contribution in [0.1, 0.15) is 5.69 Å². The molecule has 0 saturated heterocycles. The molecule has 0 aliphatic carbocycles. The zero-order valence-corrected chi connectivity index (χ0v) is 8.04. The first-order valence-corrected chi connectivity index (χ1v) is 5.20. The van der Waals surface area contributed by atoms with Crippen LogP contribution in [0, 0.1) is 6.92 Å². The molecule has 7 nitrogen and oxygen atoms in total. The fraction of sp³-hybridized carbons (Fsp3) is 0.333. The minimum atomic E-state index is -3.90. The zero-order chi connectivity index (χ0) is 10.8. The number of aromatic nitrogens is 1. The van der Waals surface area contributed by atoms with E-state index in [1.807, 2.05) is 4.72 Å². The summed E-state index contributed by atoms with van der Waals surface area (Å²) in [6.07, 6.45) is 0. The predicted molar refractivity (Wildman–Crippen MR) is 46.3 cm³/mol. The second-order valence-electron chi connectivity index (χ2n) is 2.59. The van der Waals surface area contributed by atoms with Crippen LogP contribution in [0.4, 0.5) is 5.88 Å². The second-order valence-corrected chi connectivity index (χ2v) is 4.31. The van der Waals surface area contributed by atoms with Gasteiger partial charge in [0.25, 0.3) is 0 Å². The number of carboxylic acids is 1. The molecule has 0 fully saturated rings. The molecule has 2 N–H and O–H groups in total. The van der Waals surface area contributed by atoms with Gasteiger partial charge >= 0.3 is 5.97 Å². The summed E-state index contributed by atoms with van der Waals surface area (Å²) in [5.74, 6) is -2.54. The third-order valence-corrected chi connectivity index (χ3v) is 2.34. The van der Waals surface area contributed by atoms with Crippen LogP contribution < -0.4 is 4.72 Å². The van der Waals surface area contributed by atoms with E-state index in [2.05, 4.69) is 9.68 Å². The molecule has 8 heteroatoms. The first kappa shape index (κ1) is 10.5. The molecule has 1 heterocycles. The van der Waals surface area contributed by atoms with Gasteiger partial charge in [0.2, 0.25) is 15.9 Å². The van der Waals surface area contributed by atoms with Gasteiger partial charge in [0.05, 0.1) is 5.69 Å². The second kappa shape index (κ2) is 3.66. The van der Waals surface area contributed by atoms with E-state index in [0.29, 0.717) is 5.69 Å².